The van der Waals surface area contributed by atoms with Crippen molar-refractivity contribution in [3.8, 4) is 0 Å². The maximum absolute atomic E-state index is 11.7. The van der Waals surface area contributed by atoms with Crippen LogP contribution in [0.15, 0.2) is 18.5 Å². The van der Waals surface area contributed by atoms with Crippen molar-refractivity contribution < 1.29 is 9.53 Å². The van der Waals surface area contributed by atoms with Crippen LogP contribution < -0.4 is 11.1 Å². The number of ether oxygens (including phenoxy) is 1. The minimum atomic E-state index is -0.311. The summed E-state index contributed by atoms with van der Waals surface area (Å²) in [6, 6.07) is 1.44. The molecule has 1 fully saturated rings. The summed E-state index contributed by atoms with van der Waals surface area (Å²) in [6.45, 7) is 0.785. The third-order valence-electron chi connectivity index (χ3n) is 2.26. The quantitative estimate of drug-likeness (QED) is 0.676. The van der Waals surface area contributed by atoms with Crippen molar-refractivity contribution in [1.82, 2.24) is 9.97 Å². The SMILES string of the molecule is NC1COCC1C(=O)Nc1ncccn1. The molecule has 1 saturated heterocycles. The van der Waals surface area contributed by atoms with E-state index < -0.39 is 0 Å². The highest BCUT2D eigenvalue weighted by molar-refractivity contribution is 5.91. The van der Waals surface area contributed by atoms with Gasteiger partial charge in [0.25, 0.3) is 0 Å². The van der Waals surface area contributed by atoms with Gasteiger partial charge in [-0.25, -0.2) is 9.97 Å². The number of nitrogens with two attached hydrogens (primary N) is 1. The Labute approximate surface area is 86.9 Å². The molecule has 0 radical (unpaired) electrons. The second kappa shape index (κ2) is 4.33. The lowest BCUT2D eigenvalue weighted by Gasteiger charge is -2.11. The van der Waals surface area contributed by atoms with E-state index in [0.29, 0.717) is 19.2 Å². The standard InChI is InChI=1S/C9H12N4O2/c10-7-5-15-4-6(7)8(14)13-9-11-2-1-3-12-9/h1-3,6-7H,4-5,10H2,(H,11,12,13,14). The highest BCUT2D eigenvalue weighted by atomic mass is 16.5. The van der Waals surface area contributed by atoms with E-state index in [-0.39, 0.29) is 17.9 Å². The van der Waals surface area contributed by atoms with Crippen LogP contribution in [0.1, 0.15) is 0 Å². The average molecular weight is 208 g/mol. The summed E-state index contributed by atoms with van der Waals surface area (Å²) in [7, 11) is 0. The van der Waals surface area contributed by atoms with Crippen LogP contribution in [0.2, 0.25) is 0 Å². The number of rotatable bonds is 2. The Kier molecular flexibility index (Phi) is 2.89. The maximum atomic E-state index is 11.7. The molecule has 1 aliphatic heterocycles. The third-order valence-corrected chi connectivity index (χ3v) is 2.26. The lowest BCUT2D eigenvalue weighted by atomic mass is 10.0. The van der Waals surface area contributed by atoms with Crippen LogP contribution in [0.3, 0.4) is 0 Å². The molecule has 2 rings (SSSR count). The number of carbonyl (C=O) groups excluding carboxylic acids is 1. The highest BCUT2D eigenvalue weighted by Gasteiger charge is 2.31. The maximum Gasteiger partial charge on any atom is 0.233 e. The summed E-state index contributed by atoms with van der Waals surface area (Å²) in [4.78, 5) is 19.5. The zero-order valence-electron chi connectivity index (χ0n) is 8.09. The van der Waals surface area contributed by atoms with Crippen molar-refractivity contribution in [2.75, 3.05) is 18.5 Å². The summed E-state index contributed by atoms with van der Waals surface area (Å²) in [5.74, 6) is -0.207. The fourth-order valence-corrected chi connectivity index (χ4v) is 1.41. The first-order chi connectivity index (χ1) is 7.27. The molecule has 0 spiro atoms. The largest absolute Gasteiger partial charge is 0.379 e. The Morgan fingerprint density at radius 2 is 2.20 bits per heavy atom. The Balaban J connectivity index is 1.98. The molecule has 0 aliphatic carbocycles. The molecule has 2 heterocycles. The van der Waals surface area contributed by atoms with Crippen molar-refractivity contribution in [2.45, 2.75) is 6.04 Å². The predicted octanol–water partition coefficient (Wildman–Crippen LogP) is -0.611. The molecule has 1 aromatic heterocycles. The molecule has 15 heavy (non-hydrogen) atoms. The monoisotopic (exact) mass is 208 g/mol. The molecule has 0 aromatic carbocycles. The van der Waals surface area contributed by atoms with Gasteiger partial charge in [-0.2, -0.15) is 0 Å². The third kappa shape index (κ3) is 2.28. The molecule has 80 valence electrons. The van der Waals surface area contributed by atoms with Gasteiger partial charge in [-0.3, -0.25) is 10.1 Å². The molecule has 0 bridgehead atoms. The van der Waals surface area contributed by atoms with E-state index in [1.165, 1.54) is 0 Å². The topological polar surface area (TPSA) is 90.1 Å². The van der Waals surface area contributed by atoms with Crippen LogP contribution in [-0.4, -0.2) is 35.1 Å². The first-order valence-electron chi connectivity index (χ1n) is 4.68. The van der Waals surface area contributed by atoms with Crippen molar-refractivity contribution in [3.63, 3.8) is 0 Å². The molecule has 6 heteroatoms. The zero-order chi connectivity index (χ0) is 10.7. The van der Waals surface area contributed by atoms with Crippen LogP contribution >= 0.6 is 0 Å². The van der Waals surface area contributed by atoms with Crippen LogP contribution in [0, 0.1) is 5.92 Å². The fraction of sp³-hybridized carbons (Fsp3) is 0.444. The summed E-state index contributed by atoms with van der Waals surface area (Å²) in [5, 5.41) is 2.59. The van der Waals surface area contributed by atoms with Crippen LogP contribution in [0.5, 0.6) is 0 Å². The number of carbonyl (C=O) groups is 1. The van der Waals surface area contributed by atoms with Gasteiger partial charge in [0.2, 0.25) is 11.9 Å². The summed E-state index contributed by atoms with van der Waals surface area (Å²) >= 11 is 0. The Hall–Kier alpha value is -1.53. The molecule has 2 unspecified atom stereocenters. The van der Waals surface area contributed by atoms with Gasteiger partial charge in [0, 0.05) is 18.4 Å². The smallest absolute Gasteiger partial charge is 0.233 e. The van der Waals surface area contributed by atoms with Crippen molar-refractivity contribution >= 4 is 11.9 Å². The van der Waals surface area contributed by atoms with E-state index in [1.807, 2.05) is 0 Å². The van der Waals surface area contributed by atoms with E-state index in [0.717, 1.165) is 0 Å². The van der Waals surface area contributed by atoms with Crippen molar-refractivity contribution in [2.24, 2.45) is 11.7 Å². The molecular formula is C9H12N4O2. The van der Waals surface area contributed by atoms with E-state index >= 15 is 0 Å². The second-order valence-electron chi connectivity index (χ2n) is 3.37. The van der Waals surface area contributed by atoms with Crippen LogP contribution in [-0.2, 0) is 9.53 Å². The van der Waals surface area contributed by atoms with Gasteiger partial charge in [-0.05, 0) is 6.07 Å². The van der Waals surface area contributed by atoms with Crippen molar-refractivity contribution in [3.05, 3.63) is 18.5 Å². The number of hydrogen-bond donors (Lipinski definition) is 2. The van der Waals surface area contributed by atoms with Gasteiger partial charge < -0.3 is 10.5 Å². The molecule has 3 N–H and O–H groups in total. The number of nitrogens with zero attached hydrogens (tertiary/aromatic N) is 2. The molecule has 1 aromatic rings. The van der Waals surface area contributed by atoms with E-state index in [1.54, 1.807) is 18.5 Å². The number of hydrogen-bond acceptors (Lipinski definition) is 5. The van der Waals surface area contributed by atoms with Crippen molar-refractivity contribution in [1.29, 1.82) is 0 Å². The average Bonchev–Trinajstić information content (AvgIpc) is 2.66. The molecule has 1 amide bonds. The molecule has 6 nitrogen and oxygen atoms in total. The lowest BCUT2D eigenvalue weighted by molar-refractivity contribution is -0.120. The summed E-state index contributed by atoms with van der Waals surface area (Å²) in [6.07, 6.45) is 3.13. The van der Waals surface area contributed by atoms with Gasteiger partial charge in [0.05, 0.1) is 19.1 Å². The molecule has 1 aliphatic rings. The number of anilines is 1. The predicted molar refractivity (Wildman–Crippen MR) is 52.9 cm³/mol. The molecule has 0 saturated carbocycles. The fourth-order valence-electron chi connectivity index (χ4n) is 1.41. The highest BCUT2D eigenvalue weighted by Crippen LogP contribution is 2.13. The first kappa shape index (κ1) is 10.0. The van der Waals surface area contributed by atoms with Crippen LogP contribution in [0.4, 0.5) is 5.95 Å². The first-order valence-corrected chi connectivity index (χ1v) is 4.68. The number of aromatic nitrogens is 2. The van der Waals surface area contributed by atoms with Gasteiger partial charge in [-0.1, -0.05) is 0 Å². The second-order valence-corrected chi connectivity index (χ2v) is 3.37. The Morgan fingerprint density at radius 1 is 1.47 bits per heavy atom. The Morgan fingerprint density at radius 3 is 2.80 bits per heavy atom. The number of amides is 1. The van der Waals surface area contributed by atoms with Gasteiger partial charge in [-0.15, -0.1) is 0 Å². The van der Waals surface area contributed by atoms with Gasteiger partial charge in [0.15, 0.2) is 0 Å². The summed E-state index contributed by atoms with van der Waals surface area (Å²) in [5.41, 5.74) is 5.71. The van der Waals surface area contributed by atoms with E-state index in [9.17, 15) is 4.79 Å². The molecule has 2 atom stereocenters. The van der Waals surface area contributed by atoms with E-state index in [4.69, 9.17) is 10.5 Å². The summed E-state index contributed by atoms with van der Waals surface area (Å²) < 4.78 is 5.10. The van der Waals surface area contributed by atoms with E-state index in [2.05, 4.69) is 15.3 Å². The van der Waals surface area contributed by atoms with Crippen LogP contribution in [0.25, 0.3) is 0 Å². The van der Waals surface area contributed by atoms with Gasteiger partial charge >= 0.3 is 0 Å². The molecular weight excluding hydrogens is 196 g/mol. The zero-order valence-corrected chi connectivity index (χ0v) is 8.09. The van der Waals surface area contributed by atoms with Gasteiger partial charge in [0.1, 0.15) is 0 Å². The minimum absolute atomic E-state index is 0.189. The normalized spacial score (nSPS) is 25.1. The lowest BCUT2D eigenvalue weighted by Crippen LogP contribution is -2.37. The Bertz CT molecular complexity index is 343. The minimum Gasteiger partial charge on any atom is -0.379 e. The number of nitrogens with one attached hydrogen (secondary N) is 1.